The van der Waals surface area contributed by atoms with Crippen LogP contribution in [0, 0.1) is 0 Å². The number of rotatable bonds is 5. The second kappa shape index (κ2) is 5.92. The van der Waals surface area contributed by atoms with E-state index in [-0.39, 0.29) is 5.54 Å². The maximum absolute atomic E-state index is 5.24. The Kier molecular flexibility index (Phi) is 4.82. The van der Waals surface area contributed by atoms with Gasteiger partial charge in [0.05, 0.1) is 14.2 Å². The summed E-state index contributed by atoms with van der Waals surface area (Å²) in [6.07, 6.45) is 0.963. The minimum atomic E-state index is 0.156. The second-order valence-electron chi connectivity index (χ2n) is 5.15. The van der Waals surface area contributed by atoms with E-state index in [1.165, 1.54) is 5.56 Å². The zero-order valence-electron chi connectivity index (χ0n) is 11.5. The number of nitrogens with one attached hydrogen (secondary N) is 1. The zero-order valence-corrected chi connectivity index (χ0v) is 11.5. The first-order valence-corrected chi connectivity index (χ1v) is 5.91. The summed E-state index contributed by atoms with van der Waals surface area (Å²) in [6, 6.07) is 5.99. The number of benzene rings is 1. The molecule has 0 aliphatic rings. The summed E-state index contributed by atoms with van der Waals surface area (Å²) in [7, 11) is 3.35. The molecule has 0 heterocycles. The second-order valence-corrected chi connectivity index (χ2v) is 5.15. The molecule has 0 saturated heterocycles. The average molecular weight is 237 g/mol. The molecule has 0 aromatic heterocycles. The van der Waals surface area contributed by atoms with Gasteiger partial charge in [0.25, 0.3) is 0 Å². The van der Waals surface area contributed by atoms with Crippen molar-refractivity contribution < 1.29 is 9.47 Å². The molecule has 1 aromatic rings. The van der Waals surface area contributed by atoms with Crippen LogP contribution in [0.1, 0.15) is 26.3 Å². The summed E-state index contributed by atoms with van der Waals surface area (Å²) in [5, 5.41) is 3.46. The first-order chi connectivity index (χ1) is 7.94. The predicted molar refractivity (Wildman–Crippen MR) is 71.0 cm³/mol. The monoisotopic (exact) mass is 237 g/mol. The summed E-state index contributed by atoms with van der Waals surface area (Å²) >= 11 is 0. The highest BCUT2D eigenvalue weighted by atomic mass is 16.5. The highest BCUT2D eigenvalue weighted by Gasteiger charge is 2.08. The summed E-state index contributed by atoms with van der Waals surface area (Å²) < 4.78 is 10.5. The molecule has 3 nitrogen and oxygen atoms in total. The molecule has 0 fully saturated rings. The third kappa shape index (κ3) is 5.09. The lowest BCUT2D eigenvalue weighted by Gasteiger charge is -2.20. The fraction of sp³-hybridized carbons (Fsp3) is 0.571. The van der Waals surface area contributed by atoms with Gasteiger partial charge in [-0.1, -0.05) is 0 Å². The van der Waals surface area contributed by atoms with Crippen LogP contribution in [-0.2, 0) is 6.42 Å². The van der Waals surface area contributed by atoms with Gasteiger partial charge in [0, 0.05) is 11.6 Å². The highest BCUT2D eigenvalue weighted by molar-refractivity contribution is 5.38. The van der Waals surface area contributed by atoms with Gasteiger partial charge in [-0.15, -0.1) is 0 Å². The molecule has 0 spiro atoms. The van der Waals surface area contributed by atoms with E-state index in [0.717, 1.165) is 24.5 Å². The first-order valence-electron chi connectivity index (χ1n) is 5.91. The lowest BCUT2D eigenvalue weighted by molar-refractivity contribution is 0.392. The van der Waals surface area contributed by atoms with Gasteiger partial charge >= 0.3 is 0 Å². The molecule has 17 heavy (non-hydrogen) atoms. The van der Waals surface area contributed by atoms with Crippen molar-refractivity contribution >= 4 is 0 Å². The quantitative estimate of drug-likeness (QED) is 0.854. The third-order valence-electron chi connectivity index (χ3n) is 2.48. The Hall–Kier alpha value is -1.22. The van der Waals surface area contributed by atoms with E-state index in [1.54, 1.807) is 14.2 Å². The van der Waals surface area contributed by atoms with Crippen molar-refractivity contribution in [2.24, 2.45) is 0 Å². The van der Waals surface area contributed by atoms with Crippen molar-refractivity contribution in [2.75, 3.05) is 20.8 Å². The Bertz CT molecular complexity index is 333. The fourth-order valence-electron chi connectivity index (χ4n) is 1.59. The molecule has 1 N–H and O–H groups in total. The maximum Gasteiger partial charge on any atom is 0.122 e. The van der Waals surface area contributed by atoms with Gasteiger partial charge in [0.1, 0.15) is 11.5 Å². The number of hydrogen-bond donors (Lipinski definition) is 1. The predicted octanol–water partition coefficient (Wildman–Crippen LogP) is 2.63. The van der Waals surface area contributed by atoms with Crippen LogP contribution >= 0.6 is 0 Å². The Labute approximate surface area is 104 Å². The van der Waals surface area contributed by atoms with Crippen LogP contribution in [0.4, 0.5) is 0 Å². The summed E-state index contributed by atoms with van der Waals surface area (Å²) in [6.45, 7) is 7.44. The van der Waals surface area contributed by atoms with Crippen LogP contribution in [-0.4, -0.2) is 26.3 Å². The molecule has 0 atom stereocenters. The van der Waals surface area contributed by atoms with Gasteiger partial charge in [0.2, 0.25) is 0 Å². The van der Waals surface area contributed by atoms with Crippen molar-refractivity contribution in [2.45, 2.75) is 32.7 Å². The van der Waals surface area contributed by atoms with Gasteiger partial charge in [-0.3, -0.25) is 0 Å². The van der Waals surface area contributed by atoms with Crippen molar-refractivity contribution in [1.82, 2.24) is 5.32 Å². The van der Waals surface area contributed by atoms with Gasteiger partial charge < -0.3 is 14.8 Å². The Morgan fingerprint density at radius 3 is 1.94 bits per heavy atom. The standard InChI is InChI=1S/C14H23NO2/c1-14(2,3)15-7-6-11-8-12(16-4)10-13(9-11)17-5/h8-10,15H,6-7H2,1-5H3. The molecule has 96 valence electrons. The van der Waals surface area contributed by atoms with Crippen LogP contribution < -0.4 is 14.8 Å². The minimum absolute atomic E-state index is 0.156. The molecule has 1 rings (SSSR count). The maximum atomic E-state index is 5.24. The fourth-order valence-corrected chi connectivity index (χ4v) is 1.59. The molecule has 0 aliphatic carbocycles. The molecule has 3 heteroatoms. The normalized spacial score (nSPS) is 11.4. The van der Waals surface area contributed by atoms with Crippen LogP contribution in [0.25, 0.3) is 0 Å². The van der Waals surface area contributed by atoms with Gasteiger partial charge in [-0.25, -0.2) is 0 Å². The Morgan fingerprint density at radius 2 is 1.53 bits per heavy atom. The van der Waals surface area contributed by atoms with Crippen molar-refractivity contribution in [1.29, 1.82) is 0 Å². The Morgan fingerprint density at radius 1 is 1.00 bits per heavy atom. The topological polar surface area (TPSA) is 30.5 Å². The Balaban J connectivity index is 2.64. The highest BCUT2D eigenvalue weighted by Crippen LogP contribution is 2.22. The average Bonchev–Trinajstić information content (AvgIpc) is 2.26. The molecule has 0 aliphatic heterocycles. The molecule has 0 bridgehead atoms. The van der Waals surface area contributed by atoms with E-state index >= 15 is 0 Å². The number of methoxy groups -OCH3 is 2. The largest absolute Gasteiger partial charge is 0.497 e. The minimum Gasteiger partial charge on any atom is -0.497 e. The van der Waals surface area contributed by atoms with E-state index in [0.29, 0.717) is 0 Å². The summed E-state index contributed by atoms with van der Waals surface area (Å²) in [4.78, 5) is 0. The van der Waals surface area contributed by atoms with Gasteiger partial charge in [-0.05, 0) is 51.4 Å². The van der Waals surface area contributed by atoms with E-state index in [9.17, 15) is 0 Å². The lowest BCUT2D eigenvalue weighted by atomic mass is 10.1. The zero-order chi connectivity index (χ0) is 12.9. The molecule has 0 radical (unpaired) electrons. The van der Waals surface area contributed by atoms with Crippen LogP contribution in [0.5, 0.6) is 11.5 Å². The lowest BCUT2D eigenvalue weighted by Crippen LogP contribution is -2.37. The smallest absolute Gasteiger partial charge is 0.122 e. The molecule has 0 unspecified atom stereocenters. The van der Waals surface area contributed by atoms with Crippen LogP contribution in [0.3, 0.4) is 0 Å². The molecule has 0 amide bonds. The third-order valence-corrected chi connectivity index (χ3v) is 2.48. The van der Waals surface area contributed by atoms with Crippen molar-refractivity contribution in [3.8, 4) is 11.5 Å². The van der Waals surface area contributed by atoms with Gasteiger partial charge in [0.15, 0.2) is 0 Å². The van der Waals surface area contributed by atoms with E-state index < -0.39 is 0 Å². The first kappa shape index (κ1) is 13.8. The molecule has 0 saturated carbocycles. The van der Waals surface area contributed by atoms with E-state index in [4.69, 9.17) is 9.47 Å². The van der Waals surface area contributed by atoms with Crippen LogP contribution in [0.2, 0.25) is 0 Å². The van der Waals surface area contributed by atoms with Crippen LogP contribution in [0.15, 0.2) is 18.2 Å². The molecular weight excluding hydrogens is 214 g/mol. The number of ether oxygens (including phenoxy) is 2. The van der Waals surface area contributed by atoms with Crippen molar-refractivity contribution in [3.63, 3.8) is 0 Å². The summed E-state index contributed by atoms with van der Waals surface area (Å²) in [5.74, 6) is 1.69. The molecular formula is C14H23NO2. The summed E-state index contributed by atoms with van der Waals surface area (Å²) in [5.41, 5.74) is 1.38. The van der Waals surface area contributed by atoms with Crippen molar-refractivity contribution in [3.05, 3.63) is 23.8 Å². The molecule has 1 aromatic carbocycles. The van der Waals surface area contributed by atoms with E-state index in [1.807, 2.05) is 18.2 Å². The van der Waals surface area contributed by atoms with Gasteiger partial charge in [-0.2, -0.15) is 0 Å². The SMILES string of the molecule is COc1cc(CCNC(C)(C)C)cc(OC)c1. The number of hydrogen-bond acceptors (Lipinski definition) is 3. The van der Waals surface area contributed by atoms with E-state index in [2.05, 4.69) is 26.1 Å².